The van der Waals surface area contributed by atoms with Crippen molar-refractivity contribution in [3.8, 4) is 22.5 Å². The van der Waals surface area contributed by atoms with Crippen LogP contribution in [-0.2, 0) is 6.42 Å². The molecule has 0 spiro atoms. The van der Waals surface area contributed by atoms with E-state index < -0.39 is 0 Å². The highest BCUT2D eigenvalue weighted by molar-refractivity contribution is 5.78. The molecule has 0 aliphatic heterocycles. The van der Waals surface area contributed by atoms with Crippen molar-refractivity contribution < 1.29 is 4.42 Å². The molecule has 31 heavy (non-hydrogen) atoms. The van der Waals surface area contributed by atoms with E-state index in [1.54, 1.807) is 4.80 Å². The van der Waals surface area contributed by atoms with Crippen molar-refractivity contribution in [3.05, 3.63) is 78.0 Å². The summed E-state index contributed by atoms with van der Waals surface area (Å²) in [6.07, 6.45) is 4.71. The molecular weight excluding hydrogens is 386 g/mol. The van der Waals surface area contributed by atoms with Gasteiger partial charge in [0.1, 0.15) is 11.4 Å². The molecule has 2 aromatic heterocycles. The summed E-state index contributed by atoms with van der Waals surface area (Å²) < 4.78 is 5.67. The van der Waals surface area contributed by atoms with Crippen molar-refractivity contribution in [1.29, 1.82) is 0 Å². The first kappa shape index (κ1) is 20.7. The van der Waals surface area contributed by atoms with Crippen LogP contribution in [0.3, 0.4) is 0 Å². The molecule has 4 rings (SSSR count). The molecule has 0 N–H and O–H groups in total. The Labute approximate surface area is 182 Å². The standard InChI is InChI=1S/C25H27N5O/c1-17(2)25-27-26-22(31-25)15-9-11-19-10-8-14-21(16-19)24-23(20-12-6-5-7-13-20)28-30(29-24)18(3)4/h5-14,16-18H,15H2,1-4H3/b11-9+. The number of nitrogens with zero attached hydrogens (tertiary/aromatic N) is 5. The summed E-state index contributed by atoms with van der Waals surface area (Å²) in [4.78, 5) is 1.78. The molecule has 2 heterocycles. The van der Waals surface area contributed by atoms with Gasteiger partial charge >= 0.3 is 0 Å². The van der Waals surface area contributed by atoms with Crippen molar-refractivity contribution in [2.45, 2.75) is 46.1 Å². The smallest absolute Gasteiger partial charge is 0.220 e. The highest BCUT2D eigenvalue weighted by Gasteiger charge is 2.16. The molecule has 6 nitrogen and oxygen atoms in total. The van der Waals surface area contributed by atoms with Gasteiger partial charge in [0.15, 0.2) is 0 Å². The molecule has 4 aromatic rings. The van der Waals surface area contributed by atoms with E-state index in [1.807, 2.05) is 44.2 Å². The Hall–Kier alpha value is -3.54. The van der Waals surface area contributed by atoms with Gasteiger partial charge in [0.25, 0.3) is 0 Å². The maximum Gasteiger partial charge on any atom is 0.220 e. The van der Waals surface area contributed by atoms with Gasteiger partial charge in [-0.05, 0) is 25.5 Å². The van der Waals surface area contributed by atoms with Gasteiger partial charge in [0.05, 0.1) is 6.04 Å². The summed E-state index contributed by atoms with van der Waals surface area (Å²) in [7, 11) is 0. The summed E-state index contributed by atoms with van der Waals surface area (Å²) in [5.41, 5.74) is 4.95. The third kappa shape index (κ3) is 4.79. The molecular formula is C25H27N5O. The van der Waals surface area contributed by atoms with E-state index in [1.165, 1.54) is 0 Å². The Morgan fingerprint density at radius 1 is 0.871 bits per heavy atom. The number of rotatable bonds is 7. The van der Waals surface area contributed by atoms with Crippen molar-refractivity contribution in [1.82, 2.24) is 25.2 Å². The van der Waals surface area contributed by atoms with Gasteiger partial charge in [-0.15, -0.1) is 10.2 Å². The Bertz CT molecular complexity index is 1170. The van der Waals surface area contributed by atoms with Crippen LogP contribution in [0.15, 0.2) is 65.1 Å². The second kappa shape index (κ2) is 9.08. The maximum atomic E-state index is 5.67. The van der Waals surface area contributed by atoms with E-state index in [0.29, 0.717) is 18.2 Å². The zero-order valence-corrected chi connectivity index (χ0v) is 18.4. The lowest BCUT2D eigenvalue weighted by Crippen LogP contribution is -2.04. The van der Waals surface area contributed by atoms with Crippen LogP contribution in [0, 0.1) is 0 Å². The predicted molar refractivity (Wildman–Crippen MR) is 122 cm³/mol. The minimum atomic E-state index is 0.185. The van der Waals surface area contributed by atoms with E-state index in [4.69, 9.17) is 14.6 Å². The van der Waals surface area contributed by atoms with Gasteiger partial charge in [0.2, 0.25) is 11.8 Å². The minimum absolute atomic E-state index is 0.185. The fourth-order valence-corrected chi connectivity index (χ4v) is 3.21. The predicted octanol–water partition coefficient (Wildman–Crippen LogP) is 5.96. The average Bonchev–Trinajstić information content (AvgIpc) is 3.43. The Kier molecular flexibility index (Phi) is 6.07. The Balaban J connectivity index is 1.60. The number of benzene rings is 2. The molecule has 0 amide bonds. The van der Waals surface area contributed by atoms with Crippen LogP contribution in [0.1, 0.15) is 57.0 Å². The van der Waals surface area contributed by atoms with Crippen LogP contribution in [0.4, 0.5) is 0 Å². The van der Waals surface area contributed by atoms with Crippen molar-refractivity contribution in [2.24, 2.45) is 0 Å². The van der Waals surface area contributed by atoms with Crippen LogP contribution < -0.4 is 0 Å². The van der Waals surface area contributed by atoms with E-state index in [0.717, 1.165) is 28.1 Å². The SMILES string of the molecule is CC(C)c1nnc(C/C=C/c2cccc(-c3nn(C(C)C)nc3-c3ccccc3)c2)o1. The molecule has 0 aliphatic rings. The zero-order chi connectivity index (χ0) is 21.8. The quantitative estimate of drug-likeness (QED) is 0.374. The van der Waals surface area contributed by atoms with Crippen molar-refractivity contribution in [3.63, 3.8) is 0 Å². The second-order valence-corrected chi connectivity index (χ2v) is 8.10. The fraction of sp³-hybridized carbons (Fsp3) is 0.280. The van der Waals surface area contributed by atoms with Crippen molar-refractivity contribution in [2.75, 3.05) is 0 Å². The van der Waals surface area contributed by atoms with Gasteiger partial charge in [-0.3, -0.25) is 0 Å². The zero-order valence-electron chi connectivity index (χ0n) is 18.4. The number of aromatic nitrogens is 5. The lowest BCUT2D eigenvalue weighted by Gasteiger charge is -2.03. The first-order chi connectivity index (χ1) is 15.0. The summed E-state index contributed by atoms with van der Waals surface area (Å²) in [5, 5.41) is 17.7. The fourth-order valence-electron chi connectivity index (χ4n) is 3.21. The maximum absolute atomic E-state index is 5.67. The number of hydrogen-bond acceptors (Lipinski definition) is 5. The van der Waals surface area contributed by atoms with Crippen LogP contribution in [0.2, 0.25) is 0 Å². The molecule has 0 unspecified atom stereocenters. The molecule has 0 fully saturated rings. The highest BCUT2D eigenvalue weighted by atomic mass is 16.4. The molecule has 0 atom stereocenters. The number of allylic oxidation sites excluding steroid dienone is 1. The molecule has 158 valence electrons. The average molecular weight is 414 g/mol. The molecule has 0 saturated carbocycles. The minimum Gasteiger partial charge on any atom is -0.425 e. The van der Waals surface area contributed by atoms with E-state index >= 15 is 0 Å². The normalized spacial score (nSPS) is 11.8. The first-order valence-electron chi connectivity index (χ1n) is 10.6. The lowest BCUT2D eigenvalue weighted by molar-refractivity contribution is 0.440. The molecule has 0 saturated heterocycles. The monoisotopic (exact) mass is 413 g/mol. The van der Waals surface area contributed by atoms with Crippen molar-refractivity contribution >= 4 is 6.08 Å². The molecule has 6 heteroatoms. The van der Waals surface area contributed by atoms with Gasteiger partial charge in [0, 0.05) is 23.5 Å². The Morgan fingerprint density at radius 3 is 2.26 bits per heavy atom. The first-order valence-corrected chi connectivity index (χ1v) is 10.6. The highest BCUT2D eigenvalue weighted by Crippen LogP contribution is 2.30. The van der Waals surface area contributed by atoms with Gasteiger partial charge in [-0.25, -0.2) is 0 Å². The van der Waals surface area contributed by atoms with E-state index in [9.17, 15) is 0 Å². The summed E-state index contributed by atoms with van der Waals surface area (Å²) in [6.45, 7) is 8.25. The largest absolute Gasteiger partial charge is 0.425 e. The summed E-state index contributed by atoms with van der Waals surface area (Å²) in [5.74, 6) is 1.54. The van der Waals surface area contributed by atoms with Crippen LogP contribution in [0.25, 0.3) is 28.6 Å². The summed E-state index contributed by atoms with van der Waals surface area (Å²) in [6, 6.07) is 18.7. The molecule has 0 bridgehead atoms. The number of hydrogen-bond donors (Lipinski definition) is 0. The van der Waals surface area contributed by atoms with Gasteiger partial charge in [-0.2, -0.15) is 15.0 Å². The van der Waals surface area contributed by atoms with Crippen LogP contribution in [0.5, 0.6) is 0 Å². The molecule has 0 aliphatic carbocycles. The van der Waals surface area contributed by atoms with E-state index in [2.05, 4.69) is 60.5 Å². The Morgan fingerprint density at radius 2 is 1.58 bits per heavy atom. The second-order valence-electron chi connectivity index (χ2n) is 8.10. The van der Waals surface area contributed by atoms with Crippen LogP contribution >= 0.6 is 0 Å². The van der Waals surface area contributed by atoms with E-state index in [-0.39, 0.29) is 12.0 Å². The van der Waals surface area contributed by atoms with Gasteiger partial charge < -0.3 is 4.42 Å². The van der Waals surface area contributed by atoms with Crippen LogP contribution in [-0.4, -0.2) is 25.2 Å². The third-order valence-electron chi connectivity index (χ3n) is 4.88. The third-order valence-corrected chi connectivity index (χ3v) is 4.88. The topological polar surface area (TPSA) is 69.6 Å². The molecule has 2 aromatic carbocycles. The van der Waals surface area contributed by atoms with Gasteiger partial charge in [-0.1, -0.05) is 74.5 Å². The molecule has 0 radical (unpaired) electrons. The summed E-state index contributed by atoms with van der Waals surface area (Å²) >= 11 is 0. The lowest BCUT2D eigenvalue weighted by atomic mass is 10.0.